The second-order valence-electron chi connectivity index (χ2n) is 3.94. The van der Waals surface area contributed by atoms with Gasteiger partial charge in [-0.1, -0.05) is 6.92 Å². The second-order valence-corrected chi connectivity index (χ2v) is 3.94. The maximum atomic E-state index is 12.9. The van der Waals surface area contributed by atoms with E-state index in [1.807, 2.05) is 6.92 Å². The third-order valence-corrected chi connectivity index (χ3v) is 2.76. The van der Waals surface area contributed by atoms with Gasteiger partial charge in [0.15, 0.2) is 0 Å². The Morgan fingerprint density at radius 3 is 2.44 bits per heavy atom. The molecule has 0 aliphatic heterocycles. The summed E-state index contributed by atoms with van der Waals surface area (Å²) in [6.07, 6.45) is 2.37. The van der Waals surface area contributed by atoms with E-state index in [2.05, 4.69) is 22.2 Å². The fraction of sp³-hybridized carbons (Fsp3) is 0.286. The third-order valence-electron chi connectivity index (χ3n) is 2.76. The molecule has 1 aromatic carbocycles. The summed E-state index contributed by atoms with van der Waals surface area (Å²) in [5.41, 5.74) is 2.84. The van der Waals surface area contributed by atoms with Crippen molar-refractivity contribution in [3.8, 4) is 11.3 Å². The molecule has 0 saturated carbocycles. The van der Waals surface area contributed by atoms with E-state index in [4.69, 9.17) is 0 Å². The smallest absolute Gasteiger partial charge is 0.133 e. The zero-order valence-corrected chi connectivity index (χ0v) is 10.6. The van der Waals surface area contributed by atoms with Gasteiger partial charge < -0.3 is 5.32 Å². The van der Waals surface area contributed by atoms with Crippen LogP contribution in [0.1, 0.15) is 19.4 Å². The molecule has 0 unspecified atom stereocenters. The standard InChI is InChI=1S/C14H16FN3/c1-3-12-13(10-5-7-11(15)8-6-10)17-9-18-14(12)16-4-2/h5-9H,3-4H2,1-2H3,(H,16,17,18). The summed E-state index contributed by atoms with van der Waals surface area (Å²) in [4.78, 5) is 8.57. The molecule has 2 rings (SSSR count). The van der Waals surface area contributed by atoms with Crippen LogP contribution in [0.25, 0.3) is 11.3 Å². The lowest BCUT2D eigenvalue weighted by Gasteiger charge is -2.12. The van der Waals surface area contributed by atoms with E-state index >= 15 is 0 Å². The van der Waals surface area contributed by atoms with Crippen LogP contribution in [-0.4, -0.2) is 16.5 Å². The van der Waals surface area contributed by atoms with Gasteiger partial charge in [-0.2, -0.15) is 0 Å². The quantitative estimate of drug-likeness (QED) is 0.898. The van der Waals surface area contributed by atoms with Crippen molar-refractivity contribution >= 4 is 5.82 Å². The first-order chi connectivity index (χ1) is 8.76. The number of nitrogens with zero attached hydrogens (tertiary/aromatic N) is 2. The molecule has 1 N–H and O–H groups in total. The number of nitrogens with one attached hydrogen (secondary N) is 1. The van der Waals surface area contributed by atoms with Crippen molar-refractivity contribution in [3.63, 3.8) is 0 Å². The van der Waals surface area contributed by atoms with Gasteiger partial charge in [0, 0.05) is 17.7 Å². The van der Waals surface area contributed by atoms with E-state index in [0.29, 0.717) is 0 Å². The Hall–Kier alpha value is -1.97. The van der Waals surface area contributed by atoms with Crippen LogP contribution in [0.2, 0.25) is 0 Å². The van der Waals surface area contributed by atoms with Gasteiger partial charge in [0.1, 0.15) is 18.0 Å². The van der Waals surface area contributed by atoms with Crippen molar-refractivity contribution in [2.24, 2.45) is 0 Å². The van der Waals surface area contributed by atoms with Gasteiger partial charge in [0.05, 0.1) is 5.69 Å². The highest BCUT2D eigenvalue weighted by Gasteiger charge is 2.10. The molecule has 0 atom stereocenters. The Labute approximate surface area is 106 Å². The minimum Gasteiger partial charge on any atom is -0.370 e. The predicted molar refractivity (Wildman–Crippen MR) is 71.0 cm³/mol. The fourth-order valence-electron chi connectivity index (χ4n) is 1.92. The molecular formula is C14H16FN3. The largest absolute Gasteiger partial charge is 0.370 e. The van der Waals surface area contributed by atoms with E-state index in [9.17, 15) is 4.39 Å². The van der Waals surface area contributed by atoms with Crippen LogP contribution in [0.15, 0.2) is 30.6 Å². The van der Waals surface area contributed by atoms with Gasteiger partial charge in [-0.15, -0.1) is 0 Å². The molecule has 0 saturated heterocycles. The highest BCUT2D eigenvalue weighted by atomic mass is 19.1. The number of aromatic nitrogens is 2. The average Bonchev–Trinajstić information content (AvgIpc) is 2.40. The van der Waals surface area contributed by atoms with Crippen molar-refractivity contribution in [1.29, 1.82) is 0 Å². The predicted octanol–water partition coefficient (Wildman–Crippen LogP) is 3.28. The Morgan fingerprint density at radius 1 is 1.11 bits per heavy atom. The molecule has 4 heteroatoms. The number of hydrogen-bond donors (Lipinski definition) is 1. The Balaban J connectivity index is 2.49. The average molecular weight is 245 g/mol. The monoisotopic (exact) mass is 245 g/mol. The number of halogens is 1. The number of benzene rings is 1. The van der Waals surface area contributed by atoms with Crippen LogP contribution >= 0.6 is 0 Å². The van der Waals surface area contributed by atoms with Crippen LogP contribution in [0, 0.1) is 5.82 Å². The van der Waals surface area contributed by atoms with Crippen LogP contribution in [0.4, 0.5) is 10.2 Å². The van der Waals surface area contributed by atoms with Gasteiger partial charge in [0.25, 0.3) is 0 Å². The van der Waals surface area contributed by atoms with Gasteiger partial charge in [-0.05, 0) is 37.6 Å². The fourth-order valence-corrected chi connectivity index (χ4v) is 1.92. The summed E-state index contributed by atoms with van der Waals surface area (Å²) in [5.74, 6) is 0.618. The highest BCUT2D eigenvalue weighted by Crippen LogP contribution is 2.26. The third kappa shape index (κ3) is 2.47. The zero-order chi connectivity index (χ0) is 13.0. The SMILES string of the molecule is CCNc1ncnc(-c2ccc(F)cc2)c1CC. The molecule has 1 heterocycles. The molecule has 3 nitrogen and oxygen atoms in total. The summed E-state index contributed by atoms with van der Waals surface area (Å²) in [6, 6.07) is 6.38. The van der Waals surface area contributed by atoms with Crippen LogP contribution in [0.3, 0.4) is 0 Å². The molecule has 0 amide bonds. The van der Waals surface area contributed by atoms with Gasteiger partial charge in [-0.25, -0.2) is 14.4 Å². The maximum absolute atomic E-state index is 12.9. The molecule has 0 radical (unpaired) electrons. The minimum atomic E-state index is -0.238. The number of rotatable bonds is 4. The van der Waals surface area contributed by atoms with E-state index in [1.165, 1.54) is 18.5 Å². The number of anilines is 1. The molecule has 0 aliphatic carbocycles. The second kappa shape index (κ2) is 5.58. The lowest BCUT2D eigenvalue weighted by molar-refractivity contribution is 0.628. The van der Waals surface area contributed by atoms with E-state index < -0.39 is 0 Å². The highest BCUT2D eigenvalue weighted by molar-refractivity contribution is 5.68. The molecule has 0 spiro atoms. The summed E-state index contributed by atoms with van der Waals surface area (Å²) in [5, 5.41) is 3.22. The maximum Gasteiger partial charge on any atom is 0.133 e. The van der Waals surface area contributed by atoms with E-state index in [0.717, 1.165) is 35.6 Å². The van der Waals surface area contributed by atoms with Crippen molar-refractivity contribution in [2.45, 2.75) is 20.3 Å². The zero-order valence-electron chi connectivity index (χ0n) is 10.6. The van der Waals surface area contributed by atoms with Gasteiger partial charge in [-0.3, -0.25) is 0 Å². The first-order valence-corrected chi connectivity index (χ1v) is 6.10. The van der Waals surface area contributed by atoms with Crippen LogP contribution in [-0.2, 0) is 6.42 Å². The number of hydrogen-bond acceptors (Lipinski definition) is 3. The molecule has 0 aliphatic rings. The van der Waals surface area contributed by atoms with Crippen molar-refractivity contribution in [2.75, 3.05) is 11.9 Å². The van der Waals surface area contributed by atoms with E-state index in [-0.39, 0.29) is 5.82 Å². The van der Waals surface area contributed by atoms with Crippen molar-refractivity contribution in [1.82, 2.24) is 9.97 Å². The Kier molecular flexibility index (Phi) is 3.87. The molecule has 0 bridgehead atoms. The molecule has 18 heavy (non-hydrogen) atoms. The summed E-state index contributed by atoms with van der Waals surface area (Å²) in [6.45, 7) is 4.90. The van der Waals surface area contributed by atoms with Crippen LogP contribution in [0.5, 0.6) is 0 Å². The van der Waals surface area contributed by atoms with E-state index in [1.54, 1.807) is 12.1 Å². The topological polar surface area (TPSA) is 37.8 Å². The van der Waals surface area contributed by atoms with Crippen molar-refractivity contribution < 1.29 is 4.39 Å². The Morgan fingerprint density at radius 2 is 1.83 bits per heavy atom. The van der Waals surface area contributed by atoms with Crippen LogP contribution < -0.4 is 5.32 Å². The summed E-state index contributed by atoms with van der Waals surface area (Å²) >= 11 is 0. The Bertz CT molecular complexity index is 523. The molecular weight excluding hydrogens is 229 g/mol. The first kappa shape index (κ1) is 12.5. The molecule has 1 aromatic heterocycles. The van der Waals surface area contributed by atoms with Gasteiger partial charge in [0.2, 0.25) is 0 Å². The first-order valence-electron chi connectivity index (χ1n) is 6.10. The summed E-state index contributed by atoms with van der Waals surface area (Å²) < 4.78 is 12.9. The lowest BCUT2D eigenvalue weighted by Crippen LogP contribution is -2.05. The van der Waals surface area contributed by atoms with Gasteiger partial charge >= 0.3 is 0 Å². The normalized spacial score (nSPS) is 10.4. The molecule has 94 valence electrons. The molecule has 0 fully saturated rings. The minimum absolute atomic E-state index is 0.238. The lowest BCUT2D eigenvalue weighted by atomic mass is 10.0. The molecule has 2 aromatic rings. The van der Waals surface area contributed by atoms with Crippen molar-refractivity contribution in [3.05, 3.63) is 42.0 Å². The summed E-state index contributed by atoms with van der Waals surface area (Å²) in [7, 11) is 0.